The Hall–Kier alpha value is -1.26. The van der Waals surface area contributed by atoms with Gasteiger partial charge in [-0.15, -0.1) is 0 Å². The van der Waals surface area contributed by atoms with Crippen LogP contribution in [0.1, 0.15) is 0 Å². The van der Waals surface area contributed by atoms with Gasteiger partial charge in [0.25, 0.3) is 0 Å². The largest absolute Gasteiger partial charge is 0.389 e. The molecule has 0 aromatic heterocycles. The van der Waals surface area contributed by atoms with Gasteiger partial charge < -0.3 is 30.4 Å². The molecule has 0 saturated heterocycles. The Balaban J connectivity index is 4.64. The molecule has 100 valence electrons. The smallest absolute Gasteiger partial charge is 0.374 e. The standard InChI is InChI=1S/C8H17N3O6/c1-16-4-5(12)3-11(6(13)2-9)7(14)8(15)17-10/h5,7,12,14H,2-4,9-10H2,1H3. The normalized spacial score (nSPS) is 13.9. The number of ether oxygens (including phenoxy) is 1. The predicted octanol–water partition coefficient (Wildman–Crippen LogP) is -3.48. The lowest BCUT2D eigenvalue weighted by atomic mass is 10.3. The number of aliphatic hydroxyl groups excluding tert-OH is 2. The third-order valence-corrected chi connectivity index (χ3v) is 1.88. The minimum Gasteiger partial charge on any atom is -0.389 e. The topological polar surface area (TPSA) is 148 Å². The summed E-state index contributed by atoms with van der Waals surface area (Å²) in [6.07, 6.45) is -2.99. The number of carbonyl (C=O) groups excluding carboxylic acids is 2. The molecule has 0 aromatic rings. The van der Waals surface area contributed by atoms with Crippen LogP contribution in [0.15, 0.2) is 0 Å². The van der Waals surface area contributed by atoms with E-state index in [4.69, 9.17) is 5.73 Å². The maximum atomic E-state index is 11.4. The van der Waals surface area contributed by atoms with Gasteiger partial charge in [-0.25, -0.2) is 4.79 Å². The maximum absolute atomic E-state index is 11.4. The van der Waals surface area contributed by atoms with Crippen molar-refractivity contribution in [3.63, 3.8) is 0 Å². The molecule has 2 atom stereocenters. The van der Waals surface area contributed by atoms with Crippen molar-refractivity contribution in [2.24, 2.45) is 11.6 Å². The molecule has 1 amide bonds. The number of nitrogens with zero attached hydrogens (tertiary/aromatic N) is 1. The van der Waals surface area contributed by atoms with Crippen molar-refractivity contribution in [2.45, 2.75) is 12.3 Å². The van der Waals surface area contributed by atoms with Gasteiger partial charge in [-0.3, -0.25) is 4.79 Å². The highest BCUT2D eigenvalue weighted by molar-refractivity contribution is 5.84. The zero-order valence-electron chi connectivity index (χ0n) is 9.41. The van der Waals surface area contributed by atoms with Gasteiger partial charge >= 0.3 is 5.97 Å². The number of rotatable bonds is 7. The zero-order chi connectivity index (χ0) is 13.4. The average molecular weight is 251 g/mol. The van der Waals surface area contributed by atoms with E-state index in [1.807, 2.05) is 0 Å². The molecule has 0 bridgehead atoms. The number of hydrogen-bond donors (Lipinski definition) is 4. The first-order chi connectivity index (χ1) is 7.97. The van der Waals surface area contributed by atoms with Gasteiger partial charge in [0.15, 0.2) is 0 Å². The lowest BCUT2D eigenvalue weighted by Crippen LogP contribution is -2.52. The summed E-state index contributed by atoms with van der Waals surface area (Å²) >= 11 is 0. The molecule has 17 heavy (non-hydrogen) atoms. The number of hydrogen-bond acceptors (Lipinski definition) is 8. The van der Waals surface area contributed by atoms with Crippen molar-refractivity contribution in [2.75, 3.05) is 26.8 Å². The van der Waals surface area contributed by atoms with E-state index in [2.05, 4.69) is 15.5 Å². The molecule has 9 nitrogen and oxygen atoms in total. The molecule has 0 spiro atoms. The van der Waals surface area contributed by atoms with Gasteiger partial charge in [0.05, 0.1) is 25.8 Å². The molecule has 0 aliphatic heterocycles. The van der Waals surface area contributed by atoms with Gasteiger partial charge in [-0.1, -0.05) is 0 Å². The number of carbonyl (C=O) groups is 2. The first-order valence-electron chi connectivity index (χ1n) is 4.73. The highest BCUT2D eigenvalue weighted by Gasteiger charge is 2.29. The summed E-state index contributed by atoms with van der Waals surface area (Å²) in [5.41, 5.74) is 5.10. The predicted molar refractivity (Wildman–Crippen MR) is 54.9 cm³/mol. The van der Waals surface area contributed by atoms with Crippen molar-refractivity contribution in [3.05, 3.63) is 0 Å². The molecule has 0 aromatic carbocycles. The number of aliphatic hydroxyl groups is 2. The van der Waals surface area contributed by atoms with Crippen LogP contribution in [0, 0.1) is 0 Å². The lowest BCUT2D eigenvalue weighted by Gasteiger charge is -2.27. The van der Waals surface area contributed by atoms with Gasteiger partial charge in [0.1, 0.15) is 0 Å². The van der Waals surface area contributed by atoms with Crippen molar-refractivity contribution in [1.29, 1.82) is 0 Å². The fourth-order valence-electron chi connectivity index (χ4n) is 1.12. The lowest BCUT2D eigenvalue weighted by molar-refractivity contribution is -0.172. The maximum Gasteiger partial charge on any atom is 0.374 e. The molecule has 9 heteroatoms. The van der Waals surface area contributed by atoms with Crippen LogP contribution in [0.4, 0.5) is 0 Å². The molecule has 0 aliphatic carbocycles. The second-order valence-corrected chi connectivity index (χ2v) is 3.17. The Morgan fingerprint density at radius 1 is 1.41 bits per heavy atom. The molecule has 0 saturated carbocycles. The molecule has 0 aliphatic rings. The first kappa shape index (κ1) is 15.7. The molecule has 2 unspecified atom stereocenters. The Kier molecular flexibility index (Phi) is 7.34. The van der Waals surface area contributed by atoms with E-state index in [-0.39, 0.29) is 13.2 Å². The molecular weight excluding hydrogens is 234 g/mol. The van der Waals surface area contributed by atoms with Crippen LogP contribution in [0.2, 0.25) is 0 Å². The first-order valence-corrected chi connectivity index (χ1v) is 4.73. The third kappa shape index (κ3) is 5.06. The third-order valence-electron chi connectivity index (χ3n) is 1.88. The minimum atomic E-state index is -1.91. The Bertz CT molecular complexity index is 262. The second kappa shape index (κ2) is 7.92. The quantitative estimate of drug-likeness (QED) is 0.269. The van der Waals surface area contributed by atoms with E-state index < -0.39 is 30.8 Å². The fraction of sp³-hybridized carbons (Fsp3) is 0.750. The van der Waals surface area contributed by atoms with E-state index >= 15 is 0 Å². The summed E-state index contributed by atoms with van der Waals surface area (Å²) in [5.74, 6) is 2.61. The van der Waals surface area contributed by atoms with E-state index in [0.717, 1.165) is 0 Å². The van der Waals surface area contributed by atoms with Crippen LogP contribution in [-0.2, 0) is 19.2 Å². The summed E-state index contributed by atoms with van der Waals surface area (Å²) in [4.78, 5) is 26.8. The van der Waals surface area contributed by atoms with Crippen molar-refractivity contribution < 1.29 is 29.4 Å². The molecule has 6 N–H and O–H groups in total. The monoisotopic (exact) mass is 251 g/mol. The van der Waals surface area contributed by atoms with Crippen LogP contribution in [0.25, 0.3) is 0 Å². The van der Waals surface area contributed by atoms with E-state index in [1.165, 1.54) is 7.11 Å². The number of amides is 1. The molecule has 0 rings (SSSR count). The Labute approximate surface area is 97.8 Å². The summed E-state index contributed by atoms with van der Waals surface area (Å²) in [6, 6.07) is 0. The van der Waals surface area contributed by atoms with Crippen LogP contribution in [-0.4, -0.2) is 66.1 Å². The Morgan fingerprint density at radius 3 is 2.41 bits per heavy atom. The highest BCUT2D eigenvalue weighted by atomic mass is 16.7. The summed E-state index contributed by atoms with van der Waals surface area (Å²) in [5, 5.41) is 18.9. The van der Waals surface area contributed by atoms with Crippen LogP contribution in [0.5, 0.6) is 0 Å². The number of methoxy groups -OCH3 is 1. The summed E-state index contributed by atoms with van der Waals surface area (Å²) < 4.78 is 4.64. The highest BCUT2D eigenvalue weighted by Crippen LogP contribution is 2.01. The van der Waals surface area contributed by atoms with Crippen LogP contribution >= 0.6 is 0 Å². The molecule has 0 heterocycles. The van der Waals surface area contributed by atoms with Crippen LogP contribution < -0.4 is 11.6 Å². The number of nitrogens with two attached hydrogens (primary N) is 2. The van der Waals surface area contributed by atoms with E-state index in [0.29, 0.717) is 4.90 Å². The minimum absolute atomic E-state index is 0.0707. The van der Waals surface area contributed by atoms with Gasteiger partial charge in [0, 0.05) is 7.11 Å². The van der Waals surface area contributed by atoms with E-state index in [1.54, 1.807) is 0 Å². The van der Waals surface area contributed by atoms with Gasteiger partial charge in [-0.05, 0) is 0 Å². The molecule has 0 radical (unpaired) electrons. The van der Waals surface area contributed by atoms with Crippen molar-refractivity contribution in [3.8, 4) is 0 Å². The van der Waals surface area contributed by atoms with Gasteiger partial charge in [-0.2, -0.15) is 5.90 Å². The van der Waals surface area contributed by atoms with Crippen molar-refractivity contribution in [1.82, 2.24) is 4.90 Å². The molecule has 0 fully saturated rings. The summed E-state index contributed by atoms with van der Waals surface area (Å²) in [7, 11) is 1.35. The second-order valence-electron chi connectivity index (χ2n) is 3.17. The van der Waals surface area contributed by atoms with Gasteiger partial charge in [0.2, 0.25) is 12.1 Å². The van der Waals surface area contributed by atoms with Crippen molar-refractivity contribution >= 4 is 11.9 Å². The average Bonchev–Trinajstić information content (AvgIpc) is 2.33. The zero-order valence-corrected chi connectivity index (χ0v) is 9.41. The van der Waals surface area contributed by atoms with E-state index in [9.17, 15) is 19.8 Å². The molecular formula is C8H17N3O6. The fourth-order valence-corrected chi connectivity index (χ4v) is 1.12. The van der Waals surface area contributed by atoms with Crippen LogP contribution in [0.3, 0.4) is 0 Å². The Morgan fingerprint density at radius 2 is 2.00 bits per heavy atom. The SMILES string of the molecule is COCC(O)CN(C(=O)CN)C(O)C(=O)ON. The summed E-state index contributed by atoms with van der Waals surface area (Å²) in [6.45, 7) is -0.840.